The molecule has 0 amide bonds. The topological polar surface area (TPSA) is 109 Å². The Bertz CT molecular complexity index is 3600. The third kappa shape index (κ3) is 7.10. The average Bonchev–Trinajstić information content (AvgIpc) is 4.25. The van der Waals surface area contributed by atoms with Crippen molar-refractivity contribution in [1.29, 1.82) is 0 Å². The maximum absolute atomic E-state index is 16.1. The number of rotatable bonds is 6. The number of benzene rings is 2. The minimum atomic E-state index is -2.38. The Labute approximate surface area is 387 Å². The first-order valence-corrected chi connectivity index (χ1v) is 20.8. The van der Waals surface area contributed by atoms with Gasteiger partial charge in [0.1, 0.15) is 0 Å². The van der Waals surface area contributed by atoms with Crippen LogP contribution in [0.4, 0.5) is 43.9 Å². The van der Waals surface area contributed by atoms with Gasteiger partial charge < -0.3 is 9.97 Å². The van der Waals surface area contributed by atoms with E-state index < -0.39 is 80.4 Å². The van der Waals surface area contributed by atoms with E-state index in [2.05, 4.69) is 29.9 Å². The Morgan fingerprint density at radius 3 is 0.943 bits per heavy atom. The molecule has 0 saturated carbocycles. The largest absolute Gasteiger partial charge is 0.354 e. The SMILES string of the molecule is Fc1c(F)c(F)c(-c2c3nc(c(-c4ccnc(-c5ccccn5)c4)c4ccc([nH]4)c(-c4c(F)c(F)c(F)c(F)c4F)c4nc(c(-c5ccnc(-c6ccccn6)c5)c5ccc2[nH]5)C=C4)C=C3)c(F)c1F. The van der Waals surface area contributed by atoms with Gasteiger partial charge in [-0.3, -0.25) is 19.9 Å². The molecule has 0 fully saturated rings. The van der Waals surface area contributed by atoms with Gasteiger partial charge in [0.15, 0.2) is 46.5 Å². The molecule has 342 valence electrons. The van der Waals surface area contributed by atoms with E-state index in [-0.39, 0.29) is 56.0 Å². The molecule has 2 aliphatic rings. The van der Waals surface area contributed by atoms with Crippen LogP contribution in [0.5, 0.6) is 0 Å². The number of aromatic amines is 2. The van der Waals surface area contributed by atoms with E-state index in [1.54, 1.807) is 60.7 Å². The standard InChI is InChI=1S/C52H24F10N8/c53-43-41(44(54)48(58)51(61)47(43)57)39-31-11-7-27(67-31)37(23-15-19-65-35(21-23)25-5-1-3-17-63-25)28-8-12-32(68-28)40(42-45(55)49(59)52(62)50(60)46(42)56)34-14-10-30(70-34)38(29-9-13-33(39)69-29)24-16-20-66-36(22-24)26-6-2-4-18-64-26/h1-22,67,70H. The second kappa shape index (κ2) is 16.9. The minimum Gasteiger partial charge on any atom is -0.354 e. The Morgan fingerprint density at radius 2 is 0.600 bits per heavy atom. The highest BCUT2D eigenvalue weighted by atomic mass is 19.2. The molecule has 7 aromatic heterocycles. The van der Waals surface area contributed by atoms with E-state index >= 15 is 35.1 Å². The van der Waals surface area contributed by atoms with Crippen LogP contribution in [0.2, 0.25) is 0 Å². The van der Waals surface area contributed by atoms with Crippen molar-refractivity contribution in [2.24, 2.45) is 0 Å². The summed E-state index contributed by atoms with van der Waals surface area (Å²) in [6.07, 6.45) is 11.3. The minimum absolute atomic E-state index is 0.0133. The first kappa shape index (κ1) is 43.5. The summed E-state index contributed by atoms with van der Waals surface area (Å²) in [7, 11) is 0. The smallest absolute Gasteiger partial charge is 0.200 e. The van der Waals surface area contributed by atoms with Crippen molar-refractivity contribution in [1.82, 2.24) is 39.9 Å². The first-order chi connectivity index (χ1) is 33.9. The molecule has 11 rings (SSSR count). The molecular weight excluding hydrogens is 927 g/mol. The van der Waals surface area contributed by atoms with Crippen LogP contribution in [0.1, 0.15) is 22.8 Å². The van der Waals surface area contributed by atoms with Gasteiger partial charge in [0.05, 0.1) is 56.7 Å². The van der Waals surface area contributed by atoms with E-state index in [1.807, 2.05) is 0 Å². The monoisotopic (exact) mass is 950 g/mol. The third-order valence-corrected chi connectivity index (χ3v) is 11.6. The Balaban J connectivity index is 1.33. The summed E-state index contributed by atoms with van der Waals surface area (Å²) in [5.74, 6) is -22.2. The third-order valence-electron chi connectivity index (χ3n) is 11.6. The van der Waals surface area contributed by atoms with Crippen molar-refractivity contribution in [2.75, 3.05) is 0 Å². The van der Waals surface area contributed by atoms with E-state index in [0.717, 1.165) is 0 Å². The van der Waals surface area contributed by atoms with E-state index in [0.29, 0.717) is 33.9 Å². The summed E-state index contributed by atoms with van der Waals surface area (Å²) >= 11 is 0. The van der Waals surface area contributed by atoms with Crippen molar-refractivity contribution >= 4 is 46.4 Å². The summed E-state index contributed by atoms with van der Waals surface area (Å²) in [5, 5.41) is 0. The summed E-state index contributed by atoms with van der Waals surface area (Å²) in [6, 6.07) is 22.0. The second-order valence-corrected chi connectivity index (χ2v) is 15.7. The zero-order chi connectivity index (χ0) is 48.5. The highest BCUT2D eigenvalue weighted by Gasteiger charge is 2.32. The quantitative estimate of drug-likeness (QED) is 0.0976. The first-order valence-electron chi connectivity index (χ1n) is 20.8. The molecule has 0 unspecified atom stereocenters. The molecule has 8 nitrogen and oxygen atoms in total. The van der Waals surface area contributed by atoms with Gasteiger partial charge in [0.25, 0.3) is 0 Å². The van der Waals surface area contributed by atoms with Crippen LogP contribution >= 0.6 is 0 Å². The van der Waals surface area contributed by atoms with Gasteiger partial charge in [-0.1, -0.05) is 12.1 Å². The van der Waals surface area contributed by atoms with Crippen LogP contribution in [-0.4, -0.2) is 39.9 Å². The van der Waals surface area contributed by atoms with Gasteiger partial charge in [0, 0.05) is 69.1 Å². The Morgan fingerprint density at radius 1 is 0.286 bits per heavy atom. The molecular formula is C52H24F10N8. The number of hydrogen-bond donors (Lipinski definition) is 2. The Kier molecular flexibility index (Phi) is 10.5. The van der Waals surface area contributed by atoms with E-state index in [1.165, 1.54) is 73.4 Å². The highest BCUT2D eigenvalue weighted by molar-refractivity contribution is 6.00. The molecule has 0 aliphatic carbocycles. The number of hydrogen-bond acceptors (Lipinski definition) is 6. The van der Waals surface area contributed by atoms with Crippen molar-refractivity contribution in [3.63, 3.8) is 0 Å². The van der Waals surface area contributed by atoms with Gasteiger partial charge in [-0.15, -0.1) is 0 Å². The fourth-order valence-corrected chi connectivity index (χ4v) is 8.47. The van der Waals surface area contributed by atoms with Crippen molar-refractivity contribution in [2.45, 2.75) is 0 Å². The van der Waals surface area contributed by atoms with Crippen LogP contribution in [0.15, 0.2) is 110 Å². The number of nitrogens with one attached hydrogen (secondary N) is 2. The van der Waals surface area contributed by atoms with Gasteiger partial charge >= 0.3 is 0 Å². The molecule has 2 N–H and O–H groups in total. The lowest BCUT2D eigenvalue weighted by Gasteiger charge is -2.11. The van der Waals surface area contributed by atoms with Crippen LogP contribution in [0, 0.1) is 58.2 Å². The number of H-pyrrole nitrogens is 2. The van der Waals surface area contributed by atoms with Crippen molar-refractivity contribution in [3.05, 3.63) is 191 Å². The zero-order valence-corrected chi connectivity index (χ0v) is 35.2. The molecule has 9 heterocycles. The number of halogens is 10. The number of fused-ring (bicyclic) bond motifs is 8. The van der Waals surface area contributed by atoms with Gasteiger partial charge in [-0.05, 0) is 108 Å². The summed E-state index contributed by atoms with van der Waals surface area (Å²) in [6.45, 7) is 0. The van der Waals surface area contributed by atoms with Crippen LogP contribution in [0.25, 0.3) is 114 Å². The van der Waals surface area contributed by atoms with Crippen LogP contribution in [0.3, 0.4) is 0 Å². The maximum atomic E-state index is 16.1. The zero-order valence-electron chi connectivity index (χ0n) is 35.2. The molecule has 0 spiro atoms. The van der Waals surface area contributed by atoms with Crippen molar-refractivity contribution in [3.8, 4) is 67.3 Å². The van der Waals surface area contributed by atoms with Gasteiger partial charge in [0.2, 0.25) is 11.6 Å². The lowest BCUT2D eigenvalue weighted by Crippen LogP contribution is -2.05. The van der Waals surface area contributed by atoms with Gasteiger partial charge in [-0.2, -0.15) is 0 Å². The van der Waals surface area contributed by atoms with Crippen LogP contribution < -0.4 is 0 Å². The number of pyridine rings is 4. The predicted octanol–water partition coefficient (Wildman–Crippen LogP) is 13.6. The van der Waals surface area contributed by atoms with Gasteiger partial charge in [-0.25, -0.2) is 53.9 Å². The molecule has 9 aromatic rings. The molecule has 18 heteroatoms. The Hall–Kier alpha value is -9.06. The van der Waals surface area contributed by atoms with E-state index in [4.69, 9.17) is 9.97 Å². The average molecular weight is 951 g/mol. The molecule has 2 aromatic carbocycles. The number of nitrogens with zero attached hydrogens (tertiary/aromatic N) is 6. The maximum Gasteiger partial charge on any atom is 0.200 e. The normalized spacial score (nSPS) is 12.0. The molecule has 0 atom stereocenters. The molecule has 0 radical (unpaired) electrons. The molecule has 8 bridgehead atoms. The highest BCUT2D eigenvalue weighted by Crippen LogP contribution is 2.42. The molecule has 70 heavy (non-hydrogen) atoms. The summed E-state index contributed by atoms with van der Waals surface area (Å²) in [4.78, 5) is 33.2. The summed E-state index contributed by atoms with van der Waals surface area (Å²) < 4.78 is 155. The summed E-state index contributed by atoms with van der Waals surface area (Å²) in [5.41, 5.74) is -1.88. The fraction of sp³-hybridized carbons (Fsp3) is 0. The second-order valence-electron chi connectivity index (χ2n) is 15.7. The van der Waals surface area contributed by atoms with E-state index in [9.17, 15) is 8.78 Å². The van der Waals surface area contributed by atoms with Crippen LogP contribution in [-0.2, 0) is 0 Å². The fourth-order valence-electron chi connectivity index (χ4n) is 8.47. The number of aromatic nitrogens is 8. The predicted molar refractivity (Wildman–Crippen MR) is 242 cm³/mol. The van der Waals surface area contributed by atoms with Crippen molar-refractivity contribution < 1.29 is 43.9 Å². The lowest BCUT2D eigenvalue weighted by molar-refractivity contribution is 0.381. The lowest BCUT2D eigenvalue weighted by atomic mass is 10.0. The molecule has 2 aliphatic heterocycles. The molecule has 0 saturated heterocycles.